The average Bonchev–Trinajstić information content (AvgIpc) is 2.72. The molecule has 0 atom stereocenters. The van der Waals surface area contributed by atoms with Crippen LogP contribution in [0.3, 0.4) is 0 Å². The first kappa shape index (κ1) is 24.0. The molecule has 1 aromatic heterocycles. The molecule has 0 N–H and O–H groups in total. The number of halogens is 3. The molecule has 2 aromatic carbocycles. The number of hydrogen-bond donors (Lipinski definition) is 0. The standard InChI is InChI=1S/C23H21F3O7/c1-22(2,3)33-18(27)12-30-14-8-9-16-17(11-14)32-21(23(24,25)26)20(19(16)28)31-15-7-5-6-13(10-15)29-4/h5-11H,12H2,1-4H3. The minimum atomic E-state index is -5.02. The predicted octanol–water partition coefficient (Wildman–Crippen LogP) is 5.33. The molecule has 3 aromatic rings. The first-order valence-electron chi connectivity index (χ1n) is 9.72. The number of fused-ring (bicyclic) bond motifs is 1. The van der Waals surface area contributed by atoms with Gasteiger partial charge in [-0.25, -0.2) is 4.79 Å². The molecule has 176 valence electrons. The topological polar surface area (TPSA) is 84.2 Å². The lowest BCUT2D eigenvalue weighted by Crippen LogP contribution is -2.27. The van der Waals surface area contributed by atoms with Crippen LogP contribution in [0.15, 0.2) is 51.7 Å². The van der Waals surface area contributed by atoms with E-state index in [0.717, 1.165) is 6.07 Å². The van der Waals surface area contributed by atoms with Crippen molar-refractivity contribution in [3.8, 4) is 23.0 Å². The van der Waals surface area contributed by atoms with Crippen LogP contribution in [0.2, 0.25) is 0 Å². The van der Waals surface area contributed by atoms with Crippen LogP contribution in [-0.2, 0) is 15.7 Å². The van der Waals surface area contributed by atoms with Crippen molar-refractivity contribution in [1.82, 2.24) is 0 Å². The summed E-state index contributed by atoms with van der Waals surface area (Å²) in [5.74, 6) is -2.97. The van der Waals surface area contributed by atoms with Gasteiger partial charge in [0.1, 0.15) is 28.4 Å². The highest BCUT2D eigenvalue weighted by atomic mass is 19.4. The van der Waals surface area contributed by atoms with Gasteiger partial charge in [0.25, 0.3) is 5.76 Å². The molecule has 33 heavy (non-hydrogen) atoms. The summed E-state index contributed by atoms with van der Waals surface area (Å²) in [6.45, 7) is 4.56. The van der Waals surface area contributed by atoms with E-state index in [0.29, 0.717) is 5.75 Å². The largest absolute Gasteiger partial charge is 0.497 e. The molecule has 0 amide bonds. The molecule has 0 bridgehead atoms. The van der Waals surface area contributed by atoms with E-state index >= 15 is 0 Å². The monoisotopic (exact) mass is 466 g/mol. The van der Waals surface area contributed by atoms with Crippen LogP contribution in [0.5, 0.6) is 23.0 Å². The molecule has 0 saturated carbocycles. The van der Waals surface area contributed by atoms with Crippen molar-refractivity contribution < 1.29 is 41.3 Å². The second kappa shape index (κ2) is 9.05. The molecule has 3 rings (SSSR count). The van der Waals surface area contributed by atoms with Gasteiger partial charge < -0.3 is 23.4 Å². The van der Waals surface area contributed by atoms with Crippen LogP contribution in [0, 0.1) is 0 Å². The number of carbonyl (C=O) groups excluding carboxylic acids is 1. The predicted molar refractivity (Wildman–Crippen MR) is 112 cm³/mol. The second-order valence-electron chi connectivity index (χ2n) is 7.90. The third-order valence-electron chi connectivity index (χ3n) is 4.12. The Hall–Kier alpha value is -3.69. The molecule has 1 heterocycles. The van der Waals surface area contributed by atoms with E-state index in [1.54, 1.807) is 26.8 Å². The van der Waals surface area contributed by atoms with Gasteiger partial charge in [0, 0.05) is 12.1 Å². The summed E-state index contributed by atoms with van der Waals surface area (Å²) in [4.78, 5) is 24.7. The number of methoxy groups -OCH3 is 1. The van der Waals surface area contributed by atoms with E-state index in [1.165, 1.54) is 37.4 Å². The van der Waals surface area contributed by atoms with Gasteiger partial charge in [-0.05, 0) is 45.0 Å². The zero-order valence-corrected chi connectivity index (χ0v) is 18.2. The average molecular weight is 466 g/mol. The van der Waals surface area contributed by atoms with Gasteiger partial charge in [-0.1, -0.05) is 6.07 Å². The van der Waals surface area contributed by atoms with Gasteiger partial charge in [-0.3, -0.25) is 4.79 Å². The summed E-state index contributed by atoms with van der Waals surface area (Å²) in [5.41, 5.74) is -2.13. The van der Waals surface area contributed by atoms with Crippen LogP contribution >= 0.6 is 0 Å². The molecule has 10 heteroatoms. The molecule has 0 spiro atoms. The molecular formula is C23H21F3O7. The van der Waals surface area contributed by atoms with E-state index in [4.69, 9.17) is 23.4 Å². The lowest BCUT2D eigenvalue weighted by atomic mass is 10.2. The Bertz CT molecular complexity index is 1220. The molecular weight excluding hydrogens is 445 g/mol. The fourth-order valence-electron chi connectivity index (χ4n) is 2.82. The van der Waals surface area contributed by atoms with E-state index in [-0.39, 0.29) is 22.5 Å². The van der Waals surface area contributed by atoms with Gasteiger partial charge >= 0.3 is 12.1 Å². The van der Waals surface area contributed by atoms with Gasteiger partial charge in [0.2, 0.25) is 11.2 Å². The number of alkyl halides is 3. The van der Waals surface area contributed by atoms with Crippen molar-refractivity contribution in [3.05, 3.63) is 58.4 Å². The Balaban J connectivity index is 1.98. The zero-order chi connectivity index (χ0) is 24.4. The zero-order valence-electron chi connectivity index (χ0n) is 18.2. The van der Waals surface area contributed by atoms with Crippen molar-refractivity contribution in [2.75, 3.05) is 13.7 Å². The van der Waals surface area contributed by atoms with Crippen LogP contribution in [0.25, 0.3) is 11.0 Å². The number of hydrogen-bond acceptors (Lipinski definition) is 7. The van der Waals surface area contributed by atoms with E-state index in [1.807, 2.05) is 0 Å². The first-order valence-corrected chi connectivity index (χ1v) is 9.72. The maximum absolute atomic E-state index is 13.7. The molecule has 0 fully saturated rings. The maximum atomic E-state index is 13.7. The lowest BCUT2D eigenvalue weighted by Gasteiger charge is -2.19. The highest BCUT2D eigenvalue weighted by Gasteiger charge is 2.40. The first-order chi connectivity index (χ1) is 15.4. The minimum Gasteiger partial charge on any atom is -0.497 e. The fraction of sp³-hybridized carbons (Fsp3) is 0.304. The third kappa shape index (κ3) is 5.97. The third-order valence-corrected chi connectivity index (χ3v) is 4.12. The Morgan fingerprint density at radius 2 is 1.70 bits per heavy atom. The number of rotatable bonds is 6. The van der Waals surface area contributed by atoms with E-state index in [9.17, 15) is 22.8 Å². The van der Waals surface area contributed by atoms with Gasteiger partial charge in [-0.2, -0.15) is 13.2 Å². The van der Waals surface area contributed by atoms with Crippen molar-refractivity contribution >= 4 is 16.9 Å². The highest BCUT2D eigenvalue weighted by Crippen LogP contribution is 2.39. The second-order valence-corrected chi connectivity index (χ2v) is 7.90. The summed E-state index contributed by atoms with van der Waals surface area (Å²) in [6.07, 6.45) is -5.02. The van der Waals surface area contributed by atoms with Gasteiger partial charge in [-0.15, -0.1) is 0 Å². The number of benzene rings is 2. The lowest BCUT2D eigenvalue weighted by molar-refractivity contribution is -0.157. The molecule has 0 aliphatic rings. The molecule has 0 unspecified atom stereocenters. The molecule has 0 radical (unpaired) electrons. The van der Waals surface area contributed by atoms with Crippen LogP contribution in [-0.4, -0.2) is 25.3 Å². The van der Waals surface area contributed by atoms with Crippen molar-refractivity contribution in [2.45, 2.75) is 32.5 Å². The Labute approximate surface area is 186 Å². The number of ether oxygens (including phenoxy) is 4. The Morgan fingerprint density at radius 1 is 1.00 bits per heavy atom. The summed E-state index contributed by atoms with van der Waals surface area (Å²) in [6, 6.07) is 9.41. The van der Waals surface area contributed by atoms with Crippen molar-refractivity contribution in [2.24, 2.45) is 0 Å². The fourth-order valence-corrected chi connectivity index (χ4v) is 2.82. The highest BCUT2D eigenvalue weighted by molar-refractivity contribution is 5.80. The van der Waals surface area contributed by atoms with E-state index < -0.39 is 41.3 Å². The summed E-state index contributed by atoms with van der Waals surface area (Å²) in [5, 5.41) is -0.162. The Morgan fingerprint density at radius 3 is 2.33 bits per heavy atom. The summed E-state index contributed by atoms with van der Waals surface area (Å²) >= 11 is 0. The molecule has 0 saturated heterocycles. The van der Waals surface area contributed by atoms with Crippen molar-refractivity contribution in [3.63, 3.8) is 0 Å². The minimum absolute atomic E-state index is 0.0195. The normalized spacial score (nSPS) is 11.8. The Kier molecular flexibility index (Phi) is 6.57. The molecule has 0 aliphatic heterocycles. The maximum Gasteiger partial charge on any atom is 0.453 e. The summed E-state index contributed by atoms with van der Waals surface area (Å²) < 4.78 is 66.8. The quantitative estimate of drug-likeness (QED) is 0.454. The van der Waals surface area contributed by atoms with E-state index in [2.05, 4.69) is 0 Å². The van der Waals surface area contributed by atoms with Gasteiger partial charge in [0.15, 0.2) is 6.61 Å². The van der Waals surface area contributed by atoms with Crippen LogP contribution < -0.4 is 19.6 Å². The number of esters is 1. The van der Waals surface area contributed by atoms with Crippen LogP contribution in [0.1, 0.15) is 26.5 Å². The smallest absolute Gasteiger partial charge is 0.453 e. The molecule has 7 nitrogen and oxygen atoms in total. The van der Waals surface area contributed by atoms with Crippen molar-refractivity contribution in [1.29, 1.82) is 0 Å². The van der Waals surface area contributed by atoms with Gasteiger partial charge in [0.05, 0.1) is 12.5 Å². The summed E-state index contributed by atoms with van der Waals surface area (Å²) in [7, 11) is 1.38. The van der Waals surface area contributed by atoms with Crippen LogP contribution in [0.4, 0.5) is 13.2 Å². The number of carbonyl (C=O) groups is 1. The SMILES string of the molecule is COc1cccc(Oc2c(C(F)(F)F)oc3cc(OCC(=O)OC(C)(C)C)ccc3c2=O)c1. The molecule has 0 aliphatic carbocycles.